The number of pyridine rings is 1. The molecule has 166 valence electrons. The van der Waals surface area contributed by atoms with Crippen molar-refractivity contribution in [1.29, 1.82) is 0 Å². The van der Waals surface area contributed by atoms with Gasteiger partial charge in [0, 0.05) is 10.9 Å². The van der Waals surface area contributed by atoms with Gasteiger partial charge in [-0.1, -0.05) is 91.0 Å². The first-order valence-corrected chi connectivity index (χ1v) is 11.2. The van der Waals surface area contributed by atoms with E-state index in [0.29, 0.717) is 5.56 Å². The second-order valence-corrected chi connectivity index (χ2v) is 8.03. The van der Waals surface area contributed by atoms with Crippen LogP contribution in [0, 0.1) is 0 Å². The van der Waals surface area contributed by atoms with Gasteiger partial charge in [0.05, 0.1) is 29.9 Å². The fourth-order valence-electron chi connectivity index (χ4n) is 4.15. The fraction of sp³-hybridized carbons (Fsp3) is 0.0667. The van der Waals surface area contributed by atoms with E-state index >= 15 is 0 Å². The van der Waals surface area contributed by atoms with Crippen molar-refractivity contribution in [1.82, 2.24) is 10.3 Å². The second-order valence-electron chi connectivity index (χ2n) is 8.03. The zero-order valence-electron chi connectivity index (χ0n) is 18.8. The number of benzene rings is 4. The summed E-state index contributed by atoms with van der Waals surface area (Å²) in [6.07, 6.45) is 0. The Labute approximate surface area is 198 Å². The lowest BCUT2D eigenvalue weighted by Gasteiger charge is -2.21. The molecule has 0 atom stereocenters. The Balaban J connectivity index is 1.59. The highest BCUT2D eigenvalue weighted by Crippen LogP contribution is 2.28. The lowest BCUT2D eigenvalue weighted by Crippen LogP contribution is -2.29. The van der Waals surface area contributed by atoms with Crippen molar-refractivity contribution in [3.8, 4) is 17.0 Å². The van der Waals surface area contributed by atoms with E-state index in [-0.39, 0.29) is 11.9 Å². The molecule has 0 bridgehead atoms. The van der Waals surface area contributed by atoms with E-state index in [1.165, 1.54) is 0 Å². The maximum absolute atomic E-state index is 13.8. The van der Waals surface area contributed by atoms with Crippen molar-refractivity contribution in [2.45, 2.75) is 6.04 Å². The minimum absolute atomic E-state index is 0.152. The molecule has 4 nitrogen and oxygen atoms in total. The summed E-state index contributed by atoms with van der Waals surface area (Å²) < 4.78 is 5.39. The minimum Gasteiger partial charge on any atom is -0.497 e. The molecule has 0 radical (unpaired) electrons. The van der Waals surface area contributed by atoms with Crippen LogP contribution in [0.2, 0.25) is 0 Å². The van der Waals surface area contributed by atoms with E-state index in [2.05, 4.69) is 5.32 Å². The maximum atomic E-state index is 13.8. The number of hydrogen-bond donors (Lipinski definition) is 1. The van der Waals surface area contributed by atoms with E-state index in [4.69, 9.17) is 9.72 Å². The van der Waals surface area contributed by atoms with Gasteiger partial charge >= 0.3 is 0 Å². The number of hydrogen-bond acceptors (Lipinski definition) is 3. The van der Waals surface area contributed by atoms with E-state index in [0.717, 1.165) is 39.0 Å². The molecule has 1 heterocycles. The molecule has 0 fully saturated rings. The highest BCUT2D eigenvalue weighted by atomic mass is 16.5. The molecule has 0 saturated carbocycles. The van der Waals surface area contributed by atoms with Gasteiger partial charge in [-0.05, 0) is 35.4 Å². The van der Waals surface area contributed by atoms with Crippen LogP contribution in [-0.2, 0) is 0 Å². The molecule has 4 heteroatoms. The maximum Gasteiger partial charge on any atom is 0.252 e. The third-order valence-electron chi connectivity index (χ3n) is 5.87. The first kappa shape index (κ1) is 21.4. The molecule has 5 aromatic rings. The first-order chi connectivity index (χ1) is 16.7. The third kappa shape index (κ3) is 4.39. The average Bonchev–Trinajstić information content (AvgIpc) is 2.92. The number of ether oxygens (including phenoxy) is 1. The van der Waals surface area contributed by atoms with E-state index in [1.807, 2.05) is 115 Å². The topological polar surface area (TPSA) is 51.2 Å². The monoisotopic (exact) mass is 444 g/mol. The summed E-state index contributed by atoms with van der Waals surface area (Å²) in [4.78, 5) is 18.6. The highest BCUT2D eigenvalue weighted by Gasteiger charge is 2.20. The number of carbonyl (C=O) groups is 1. The number of methoxy groups -OCH3 is 1. The lowest BCUT2D eigenvalue weighted by atomic mass is 9.97. The van der Waals surface area contributed by atoms with Crippen molar-refractivity contribution in [2.75, 3.05) is 7.11 Å². The standard InChI is InChI=1S/C30H24N2O2/c1-34-24-16-10-15-23(19-24)28-20-26(25-17-8-9-18-27(25)31-28)30(33)32-29(21-11-4-2-5-12-21)22-13-6-3-7-14-22/h2-20,29H,1H3,(H,32,33). The molecule has 0 saturated heterocycles. The zero-order chi connectivity index (χ0) is 23.3. The van der Waals surface area contributed by atoms with Gasteiger partial charge < -0.3 is 10.1 Å². The summed E-state index contributed by atoms with van der Waals surface area (Å²) in [6.45, 7) is 0. The summed E-state index contributed by atoms with van der Waals surface area (Å²) in [5.41, 5.74) is 5.01. The number of fused-ring (bicyclic) bond motifs is 1. The number of amides is 1. The van der Waals surface area contributed by atoms with E-state index in [9.17, 15) is 4.79 Å². The number of nitrogens with zero attached hydrogens (tertiary/aromatic N) is 1. The molecule has 0 aliphatic heterocycles. The van der Waals surface area contributed by atoms with Crippen LogP contribution in [0.15, 0.2) is 115 Å². The molecule has 5 rings (SSSR count). The van der Waals surface area contributed by atoms with Crippen LogP contribution in [0.25, 0.3) is 22.2 Å². The van der Waals surface area contributed by atoms with Gasteiger partial charge in [0.2, 0.25) is 0 Å². The van der Waals surface area contributed by atoms with Crippen LogP contribution in [0.4, 0.5) is 0 Å². The molecule has 34 heavy (non-hydrogen) atoms. The third-order valence-corrected chi connectivity index (χ3v) is 5.87. The molecule has 0 aliphatic rings. The van der Waals surface area contributed by atoms with Crippen molar-refractivity contribution >= 4 is 16.8 Å². The smallest absolute Gasteiger partial charge is 0.252 e. The molecular weight excluding hydrogens is 420 g/mol. The summed E-state index contributed by atoms with van der Waals surface area (Å²) in [6, 6.07) is 37.1. The van der Waals surface area contributed by atoms with Gasteiger partial charge in [0.15, 0.2) is 0 Å². The molecule has 0 aliphatic carbocycles. The highest BCUT2D eigenvalue weighted by molar-refractivity contribution is 6.07. The fourth-order valence-corrected chi connectivity index (χ4v) is 4.15. The van der Waals surface area contributed by atoms with Gasteiger partial charge in [-0.15, -0.1) is 0 Å². The Morgan fingerprint density at radius 1 is 0.765 bits per heavy atom. The van der Waals surface area contributed by atoms with Crippen molar-refractivity contribution in [3.05, 3.63) is 132 Å². The van der Waals surface area contributed by atoms with Gasteiger partial charge in [-0.3, -0.25) is 4.79 Å². The molecular formula is C30H24N2O2. The Morgan fingerprint density at radius 3 is 2.09 bits per heavy atom. The summed E-state index contributed by atoms with van der Waals surface area (Å²) >= 11 is 0. The van der Waals surface area contributed by atoms with E-state index < -0.39 is 0 Å². The Hall–Kier alpha value is -4.44. The quantitative estimate of drug-likeness (QED) is 0.328. The van der Waals surface area contributed by atoms with Crippen LogP contribution < -0.4 is 10.1 Å². The number of nitrogens with one attached hydrogen (secondary N) is 1. The summed E-state index contributed by atoms with van der Waals surface area (Å²) in [5.74, 6) is 0.590. The zero-order valence-corrected chi connectivity index (χ0v) is 18.8. The first-order valence-electron chi connectivity index (χ1n) is 11.2. The molecule has 1 N–H and O–H groups in total. The average molecular weight is 445 g/mol. The minimum atomic E-state index is -0.276. The molecule has 0 spiro atoms. The number of para-hydroxylation sites is 1. The van der Waals surface area contributed by atoms with Crippen LogP contribution in [0.3, 0.4) is 0 Å². The van der Waals surface area contributed by atoms with Gasteiger partial charge in [-0.2, -0.15) is 0 Å². The number of rotatable bonds is 6. The normalized spacial score (nSPS) is 10.9. The lowest BCUT2D eigenvalue weighted by molar-refractivity contribution is 0.0944. The van der Waals surface area contributed by atoms with E-state index in [1.54, 1.807) is 7.11 Å². The number of carbonyl (C=O) groups excluding carboxylic acids is 1. The van der Waals surface area contributed by atoms with Crippen molar-refractivity contribution in [2.24, 2.45) is 0 Å². The second kappa shape index (κ2) is 9.59. The van der Waals surface area contributed by atoms with Gasteiger partial charge in [0.1, 0.15) is 5.75 Å². The van der Waals surface area contributed by atoms with Gasteiger partial charge in [0.25, 0.3) is 5.91 Å². The summed E-state index contributed by atoms with van der Waals surface area (Å²) in [7, 11) is 1.64. The number of aromatic nitrogens is 1. The summed E-state index contributed by atoms with van der Waals surface area (Å²) in [5, 5.41) is 4.08. The Bertz CT molecular complexity index is 1390. The SMILES string of the molecule is COc1cccc(-c2cc(C(=O)NC(c3ccccc3)c3ccccc3)c3ccccc3n2)c1. The van der Waals surface area contributed by atoms with Crippen LogP contribution in [0.1, 0.15) is 27.5 Å². The molecule has 4 aromatic carbocycles. The Kier molecular flexibility index (Phi) is 6.04. The van der Waals surface area contributed by atoms with Crippen molar-refractivity contribution < 1.29 is 9.53 Å². The predicted molar refractivity (Wildman–Crippen MR) is 136 cm³/mol. The molecule has 1 amide bonds. The van der Waals surface area contributed by atoms with Gasteiger partial charge in [-0.25, -0.2) is 4.98 Å². The molecule has 1 aromatic heterocycles. The molecule has 0 unspecified atom stereocenters. The van der Waals surface area contributed by atoms with Crippen LogP contribution >= 0.6 is 0 Å². The predicted octanol–water partition coefficient (Wildman–Crippen LogP) is 6.43. The van der Waals surface area contributed by atoms with Crippen LogP contribution in [0.5, 0.6) is 5.75 Å². The van der Waals surface area contributed by atoms with Crippen LogP contribution in [-0.4, -0.2) is 18.0 Å². The largest absolute Gasteiger partial charge is 0.497 e. The van der Waals surface area contributed by atoms with Crippen molar-refractivity contribution in [3.63, 3.8) is 0 Å². The Morgan fingerprint density at radius 2 is 1.41 bits per heavy atom.